The second kappa shape index (κ2) is 4.85. The fourth-order valence-corrected chi connectivity index (χ4v) is 2.19. The van der Waals surface area contributed by atoms with Gasteiger partial charge >= 0.3 is 0 Å². The number of imidazole rings is 1. The van der Waals surface area contributed by atoms with Crippen LogP contribution in [0.15, 0.2) is 35.0 Å². The van der Waals surface area contributed by atoms with Crippen LogP contribution in [0.5, 0.6) is 0 Å². The van der Waals surface area contributed by atoms with Crippen LogP contribution in [0.25, 0.3) is 5.65 Å². The van der Waals surface area contributed by atoms with E-state index in [9.17, 15) is 0 Å². The normalized spacial score (nSPS) is 11.3. The first kappa shape index (κ1) is 11.9. The molecule has 0 aliphatic carbocycles. The lowest BCUT2D eigenvalue weighted by Gasteiger charge is -2.04. The number of nitrogens with one attached hydrogen (secondary N) is 1. The van der Waals surface area contributed by atoms with Gasteiger partial charge in [-0.15, -0.1) is 0 Å². The topological polar surface area (TPSA) is 55.4 Å². The van der Waals surface area contributed by atoms with Crippen molar-refractivity contribution in [3.05, 3.63) is 53.3 Å². The maximum absolute atomic E-state index is 5.04. The molecule has 0 unspecified atom stereocenters. The molecule has 3 aromatic rings. The lowest BCUT2D eigenvalue weighted by molar-refractivity contribution is 0.388. The summed E-state index contributed by atoms with van der Waals surface area (Å²) in [5.41, 5.74) is 4.13. The van der Waals surface area contributed by atoms with Crippen molar-refractivity contribution in [2.45, 2.75) is 26.9 Å². The minimum atomic E-state index is 0.691. The third-order valence-corrected chi connectivity index (χ3v) is 3.10. The molecule has 3 aromatic heterocycles. The Kier molecular flexibility index (Phi) is 3.05. The van der Waals surface area contributed by atoms with Gasteiger partial charge in [0.15, 0.2) is 0 Å². The highest BCUT2D eigenvalue weighted by atomic mass is 16.5. The van der Waals surface area contributed by atoms with Crippen LogP contribution >= 0.6 is 0 Å². The van der Waals surface area contributed by atoms with Crippen LogP contribution < -0.4 is 5.32 Å². The van der Waals surface area contributed by atoms with E-state index in [0.29, 0.717) is 6.54 Å². The summed E-state index contributed by atoms with van der Waals surface area (Å²) in [5, 5.41) is 7.33. The van der Waals surface area contributed by atoms with Crippen molar-refractivity contribution in [1.82, 2.24) is 19.9 Å². The zero-order valence-corrected chi connectivity index (χ0v) is 11.1. The van der Waals surface area contributed by atoms with Crippen molar-refractivity contribution in [1.29, 1.82) is 0 Å². The molecule has 5 nitrogen and oxygen atoms in total. The van der Waals surface area contributed by atoms with E-state index < -0.39 is 0 Å². The van der Waals surface area contributed by atoms with Gasteiger partial charge < -0.3 is 14.2 Å². The monoisotopic (exact) mass is 256 g/mol. The molecule has 3 rings (SSSR count). The van der Waals surface area contributed by atoms with E-state index in [1.165, 1.54) is 5.69 Å². The third kappa shape index (κ3) is 2.37. The molecule has 0 aliphatic heterocycles. The molecular formula is C14H16N4O. The smallest absolute Gasteiger partial charge is 0.137 e. The lowest BCUT2D eigenvalue weighted by Crippen LogP contribution is -2.15. The van der Waals surface area contributed by atoms with Crippen molar-refractivity contribution in [2.24, 2.45) is 0 Å². The maximum Gasteiger partial charge on any atom is 0.137 e. The Labute approximate surface area is 111 Å². The van der Waals surface area contributed by atoms with Gasteiger partial charge in [-0.05, 0) is 26.0 Å². The molecule has 0 saturated carbocycles. The second-order valence-corrected chi connectivity index (χ2v) is 4.61. The predicted octanol–water partition coefficient (Wildman–Crippen LogP) is 2.23. The van der Waals surface area contributed by atoms with Gasteiger partial charge in [0.25, 0.3) is 0 Å². The molecular weight excluding hydrogens is 240 g/mol. The summed E-state index contributed by atoms with van der Waals surface area (Å²) in [6.45, 7) is 5.37. The highest BCUT2D eigenvalue weighted by Crippen LogP contribution is 2.11. The van der Waals surface area contributed by atoms with Crippen molar-refractivity contribution in [3.63, 3.8) is 0 Å². The molecule has 0 atom stereocenters. The van der Waals surface area contributed by atoms with E-state index in [-0.39, 0.29) is 0 Å². The van der Waals surface area contributed by atoms with Gasteiger partial charge in [0.1, 0.15) is 11.4 Å². The van der Waals surface area contributed by atoms with Crippen LogP contribution in [0.3, 0.4) is 0 Å². The Balaban J connectivity index is 1.73. The summed E-state index contributed by atoms with van der Waals surface area (Å²) in [4.78, 5) is 4.53. The van der Waals surface area contributed by atoms with E-state index in [4.69, 9.17) is 4.52 Å². The van der Waals surface area contributed by atoms with Gasteiger partial charge in [-0.25, -0.2) is 4.98 Å². The molecule has 0 saturated heterocycles. The average Bonchev–Trinajstić information content (AvgIpc) is 2.94. The molecule has 0 fully saturated rings. The van der Waals surface area contributed by atoms with E-state index in [0.717, 1.165) is 29.3 Å². The minimum absolute atomic E-state index is 0.691. The number of fused-ring (bicyclic) bond motifs is 1. The third-order valence-electron chi connectivity index (χ3n) is 3.10. The van der Waals surface area contributed by atoms with Crippen molar-refractivity contribution in [3.8, 4) is 0 Å². The zero-order chi connectivity index (χ0) is 13.2. The highest BCUT2D eigenvalue weighted by molar-refractivity contribution is 5.42. The van der Waals surface area contributed by atoms with E-state index in [1.54, 1.807) is 0 Å². The second-order valence-electron chi connectivity index (χ2n) is 4.61. The summed E-state index contributed by atoms with van der Waals surface area (Å²) in [7, 11) is 0. The summed E-state index contributed by atoms with van der Waals surface area (Å²) in [6.07, 6.45) is 2.03. The van der Waals surface area contributed by atoms with Gasteiger partial charge in [-0.2, -0.15) is 0 Å². The minimum Gasteiger partial charge on any atom is -0.361 e. The summed E-state index contributed by atoms with van der Waals surface area (Å²) in [6, 6.07) is 7.96. The number of pyridine rings is 1. The van der Waals surface area contributed by atoms with Crippen LogP contribution in [-0.2, 0) is 13.1 Å². The Bertz CT molecular complexity index is 698. The van der Waals surface area contributed by atoms with Crippen molar-refractivity contribution in [2.75, 3.05) is 0 Å². The molecule has 3 heterocycles. The Morgan fingerprint density at radius 2 is 2.16 bits per heavy atom. The molecule has 98 valence electrons. The SMILES string of the molecule is Cc1cc(CNCc2c(C)nc3ccccn23)no1. The highest BCUT2D eigenvalue weighted by Gasteiger charge is 2.07. The number of nitrogens with zero attached hydrogens (tertiary/aromatic N) is 3. The van der Waals surface area contributed by atoms with Crippen molar-refractivity contribution >= 4 is 5.65 Å². The number of hydrogen-bond donors (Lipinski definition) is 1. The quantitative estimate of drug-likeness (QED) is 0.777. The standard InChI is InChI=1S/C14H16N4O/c1-10-7-12(17-19-10)8-15-9-13-11(2)16-14-5-3-4-6-18(13)14/h3-7,15H,8-9H2,1-2H3. The Hall–Kier alpha value is -2.14. The predicted molar refractivity (Wildman–Crippen MR) is 71.7 cm³/mol. The first-order valence-electron chi connectivity index (χ1n) is 6.29. The van der Waals surface area contributed by atoms with E-state index in [2.05, 4.69) is 19.9 Å². The summed E-state index contributed by atoms with van der Waals surface area (Å²) >= 11 is 0. The Morgan fingerprint density at radius 3 is 2.95 bits per heavy atom. The van der Waals surface area contributed by atoms with Gasteiger partial charge in [0, 0.05) is 25.4 Å². The molecule has 0 bridgehead atoms. The van der Waals surface area contributed by atoms with E-state index in [1.807, 2.05) is 44.3 Å². The van der Waals surface area contributed by atoms with Crippen molar-refractivity contribution < 1.29 is 4.52 Å². The van der Waals surface area contributed by atoms with Crippen LogP contribution in [0.4, 0.5) is 0 Å². The number of hydrogen-bond acceptors (Lipinski definition) is 4. The molecule has 5 heteroatoms. The van der Waals surface area contributed by atoms with Gasteiger partial charge in [-0.1, -0.05) is 11.2 Å². The largest absolute Gasteiger partial charge is 0.361 e. The number of rotatable bonds is 4. The fourth-order valence-electron chi connectivity index (χ4n) is 2.19. The number of aryl methyl sites for hydroxylation is 2. The van der Waals surface area contributed by atoms with Gasteiger partial charge in [-0.3, -0.25) is 0 Å². The molecule has 0 radical (unpaired) electrons. The van der Waals surface area contributed by atoms with Crippen LogP contribution in [0.1, 0.15) is 22.8 Å². The van der Waals surface area contributed by atoms with Crippen LogP contribution in [-0.4, -0.2) is 14.5 Å². The first-order valence-corrected chi connectivity index (χ1v) is 6.29. The molecule has 1 N–H and O–H groups in total. The zero-order valence-electron chi connectivity index (χ0n) is 11.1. The summed E-state index contributed by atoms with van der Waals surface area (Å²) in [5.74, 6) is 0.836. The summed E-state index contributed by atoms with van der Waals surface area (Å²) < 4.78 is 7.15. The van der Waals surface area contributed by atoms with Gasteiger partial charge in [0.2, 0.25) is 0 Å². The molecule has 19 heavy (non-hydrogen) atoms. The number of aromatic nitrogens is 3. The maximum atomic E-state index is 5.04. The molecule has 0 spiro atoms. The molecule has 0 aliphatic rings. The fraction of sp³-hybridized carbons (Fsp3) is 0.286. The van der Waals surface area contributed by atoms with Crippen LogP contribution in [0, 0.1) is 13.8 Å². The average molecular weight is 256 g/mol. The molecule has 0 amide bonds. The first-order chi connectivity index (χ1) is 9.24. The van der Waals surface area contributed by atoms with E-state index >= 15 is 0 Å². The van der Waals surface area contributed by atoms with Gasteiger partial charge in [0.05, 0.1) is 17.1 Å². The molecule has 0 aromatic carbocycles. The van der Waals surface area contributed by atoms with Crippen LogP contribution in [0.2, 0.25) is 0 Å². The lowest BCUT2D eigenvalue weighted by atomic mass is 10.3. The Morgan fingerprint density at radius 1 is 1.26 bits per heavy atom.